The molecule has 2 rings (SSSR count). The first kappa shape index (κ1) is 15.1. The van der Waals surface area contributed by atoms with Crippen molar-refractivity contribution in [3.8, 4) is 0 Å². The number of fused-ring (bicyclic) bond motifs is 2. The van der Waals surface area contributed by atoms with Crippen molar-refractivity contribution in [2.45, 2.75) is 25.7 Å². The molecule has 5 N–H and O–H groups in total. The van der Waals surface area contributed by atoms with Crippen LogP contribution in [-0.4, -0.2) is 45.1 Å². The van der Waals surface area contributed by atoms with Gasteiger partial charge in [0.2, 0.25) is 0 Å². The van der Waals surface area contributed by atoms with Crippen LogP contribution in [0.5, 0.6) is 0 Å². The summed E-state index contributed by atoms with van der Waals surface area (Å²) in [5.41, 5.74) is 5.57. The Balaban J connectivity index is 0.000000249. The van der Waals surface area contributed by atoms with Crippen LogP contribution in [0.2, 0.25) is 0 Å². The summed E-state index contributed by atoms with van der Waals surface area (Å²) in [7, 11) is -4.19. The van der Waals surface area contributed by atoms with Gasteiger partial charge in [0.1, 0.15) is 0 Å². The normalized spacial score (nSPS) is 30.4. The molecule has 1 aliphatic heterocycles. The second-order valence-corrected chi connectivity index (χ2v) is 5.75. The molecule has 2 unspecified atom stereocenters. The Morgan fingerprint density at radius 3 is 2.06 bits per heavy atom. The molecule has 2 fully saturated rings. The summed E-state index contributed by atoms with van der Waals surface area (Å²) in [5.74, 6) is 2.01. The van der Waals surface area contributed by atoms with Crippen LogP contribution in [0.1, 0.15) is 25.7 Å². The molecule has 0 aromatic heterocycles. The van der Waals surface area contributed by atoms with Crippen molar-refractivity contribution in [2.24, 2.45) is 17.6 Å². The van der Waals surface area contributed by atoms with Gasteiger partial charge in [-0.15, -0.1) is 0 Å². The molecule has 0 spiro atoms. The van der Waals surface area contributed by atoms with Gasteiger partial charge in [-0.1, -0.05) is 6.42 Å². The van der Waals surface area contributed by atoms with Crippen molar-refractivity contribution in [2.75, 3.05) is 26.2 Å². The zero-order chi connectivity index (χ0) is 12.9. The summed E-state index contributed by atoms with van der Waals surface area (Å²) in [5, 5.41) is 0. The zero-order valence-corrected chi connectivity index (χ0v) is 10.7. The molecule has 0 aromatic rings. The quantitative estimate of drug-likeness (QED) is 0.471. The molecule has 17 heavy (non-hydrogen) atoms. The SMILES string of the molecule is NCCN1CC2CCCC(C2)C1.[O-][Cl+](O)(O)O. The van der Waals surface area contributed by atoms with E-state index in [-0.39, 0.29) is 0 Å². The fourth-order valence-electron chi connectivity index (χ4n) is 2.90. The van der Waals surface area contributed by atoms with Crippen molar-refractivity contribution in [1.82, 2.24) is 4.90 Å². The summed E-state index contributed by atoms with van der Waals surface area (Å²) >= 11 is 0. The third-order valence-corrected chi connectivity index (χ3v) is 3.37. The molecule has 1 saturated heterocycles. The van der Waals surface area contributed by atoms with Gasteiger partial charge in [0.05, 0.1) is 0 Å². The molecule has 104 valence electrons. The van der Waals surface area contributed by atoms with Gasteiger partial charge in [0.25, 0.3) is 0 Å². The van der Waals surface area contributed by atoms with Crippen LogP contribution in [0.15, 0.2) is 0 Å². The second kappa shape index (κ2) is 6.84. The predicted molar refractivity (Wildman–Crippen MR) is 57.6 cm³/mol. The third kappa shape index (κ3) is 7.15. The van der Waals surface area contributed by atoms with Crippen molar-refractivity contribution in [3.05, 3.63) is 0 Å². The standard InChI is InChI=1S/C10H20N2.ClH3O4/c11-4-5-12-7-9-2-1-3-10(6-9)8-12;2-1(3,4)5/h9-10H,1-8,11H2;2-4H. The molecule has 6 nitrogen and oxygen atoms in total. The summed E-state index contributed by atoms with van der Waals surface area (Å²) in [6.07, 6.45) is 5.92. The monoisotopic (exact) mass is 270 g/mol. The van der Waals surface area contributed by atoms with Crippen LogP contribution in [0.3, 0.4) is 0 Å². The molecule has 2 atom stereocenters. The van der Waals surface area contributed by atoms with E-state index in [2.05, 4.69) is 4.90 Å². The topological polar surface area (TPSA) is 113 Å². The summed E-state index contributed by atoms with van der Waals surface area (Å²) in [6, 6.07) is 0. The number of nitrogens with two attached hydrogens (primary N) is 1. The van der Waals surface area contributed by atoms with Crippen LogP contribution in [0, 0.1) is 22.1 Å². The van der Waals surface area contributed by atoms with Gasteiger partial charge in [-0.25, -0.2) is 0 Å². The molecule has 1 saturated carbocycles. The van der Waals surface area contributed by atoms with E-state index in [0.29, 0.717) is 0 Å². The summed E-state index contributed by atoms with van der Waals surface area (Å²) in [6.45, 7) is 4.61. The minimum absolute atomic E-state index is 0.833. The number of hydrogen-bond donors (Lipinski definition) is 4. The minimum atomic E-state index is -4.19. The fourth-order valence-corrected chi connectivity index (χ4v) is 2.90. The van der Waals surface area contributed by atoms with E-state index >= 15 is 0 Å². The van der Waals surface area contributed by atoms with Crippen molar-refractivity contribution < 1.29 is 28.9 Å². The molecule has 0 radical (unpaired) electrons. The number of likely N-dealkylation sites (tertiary alicyclic amines) is 1. The Labute approximate surface area is 104 Å². The number of rotatable bonds is 2. The maximum absolute atomic E-state index is 8.83. The van der Waals surface area contributed by atoms with E-state index in [0.717, 1.165) is 24.9 Å². The average Bonchev–Trinajstić information content (AvgIpc) is 2.14. The molecule has 0 amide bonds. The average molecular weight is 271 g/mol. The van der Waals surface area contributed by atoms with Crippen LogP contribution in [-0.2, 0) is 0 Å². The third-order valence-electron chi connectivity index (χ3n) is 3.37. The van der Waals surface area contributed by atoms with Gasteiger partial charge >= 0.3 is 28.9 Å². The molecule has 2 bridgehead atoms. The van der Waals surface area contributed by atoms with Crippen molar-refractivity contribution in [1.29, 1.82) is 0 Å². The maximum atomic E-state index is 8.83. The molecular weight excluding hydrogens is 248 g/mol. The van der Waals surface area contributed by atoms with Crippen molar-refractivity contribution in [3.63, 3.8) is 0 Å². The van der Waals surface area contributed by atoms with Crippen molar-refractivity contribution >= 4 is 0 Å². The Morgan fingerprint density at radius 1 is 1.18 bits per heavy atom. The first-order valence-electron chi connectivity index (χ1n) is 5.97. The molecule has 1 aliphatic carbocycles. The molecular formula is C10H23ClN2O4. The van der Waals surface area contributed by atoms with E-state index in [1.807, 2.05) is 0 Å². The summed E-state index contributed by atoms with van der Waals surface area (Å²) in [4.78, 5) is 2.57. The van der Waals surface area contributed by atoms with E-state index in [9.17, 15) is 0 Å². The van der Waals surface area contributed by atoms with E-state index < -0.39 is 10.2 Å². The summed E-state index contributed by atoms with van der Waals surface area (Å²) < 4.78 is 30.2. The Bertz CT molecular complexity index is 207. The zero-order valence-electron chi connectivity index (χ0n) is 9.96. The number of nitrogens with zero attached hydrogens (tertiary/aromatic N) is 1. The molecule has 0 aromatic carbocycles. The Morgan fingerprint density at radius 2 is 1.65 bits per heavy atom. The van der Waals surface area contributed by atoms with E-state index in [1.165, 1.54) is 38.8 Å². The molecule has 2 aliphatic rings. The van der Waals surface area contributed by atoms with Crippen LogP contribution in [0.25, 0.3) is 0 Å². The van der Waals surface area contributed by atoms with Crippen LogP contribution >= 0.6 is 0 Å². The van der Waals surface area contributed by atoms with Gasteiger partial charge < -0.3 is 10.6 Å². The van der Waals surface area contributed by atoms with E-state index in [1.54, 1.807) is 0 Å². The fraction of sp³-hybridized carbons (Fsp3) is 1.00. The van der Waals surface area contributed by atoms with Gasteiger partial charge in [-0.3, -0.25) is 0 Å². The number of hydrogen-bond acceptors (Lipinski definition) is 6. The Kier molecular flexibility index (Phi) is 6.08. The first-order chi connectivity index (χ1) is 7.88. The number of piperidine rings is 1. The predicted octanol–water partition coefficient (Wildman–Crippen LogP) is -1.79. The Hall–Kier alpha value is 0.0500. The second-order valence-electron chi connectivity index (χ2n) is 4.88. The van der Waals surface area contributed by atoms with Gasteiger partial charge in [-0.2, -0.15) is 0 Å². The first-order valence-corrected chi connectivity index (χ1v) is 7.29. The molecule has 7 heteroatoms. The van der Waals surface area contributed by atoms with Gasteiger partial charge in [-0.05, 0) is 31.1 Å². The van der Waals surface area contributed by atoms with Gasteiger partial charge in [0.15, 0.2) is 0 Å². The molecule has 1 heterocycles. The van der Waals surface area contributed by atoms with Crippen LogP contribution < -0.4 is 10.4 Å². The van der Waals surface area contributed by atoms with Gasteiger partial charge in [0, 0.05) is 26.2 Å². The number of halogens is 1. The van der Waals surface area contributed by atoms with Crippen LogP contribution in [0.4, 0.5) is 0 Å². The van der Waals surface area contributed by atoms with E-state index in [4.69, 9.17) is 24.4 Å².